The monoisotopic (exact) mass is 290 g/mol. The second-order valence-corrected chi connectivity index (χ2v) is 5.17. The first-order valence-electron chi connectivity index (χ1n) is 6.92. The summed E-state index contributed by atoms with van der Waals surface area (Å²) >= 11 is 0. The standard InChI is InChI=1S/C18H14N2O2/c1-12-2-7-16-14(11-22-17(16)8-12)9-18(21)20-15-5-3-13(10-19)4-6-15/h2-8,11H,9H2,1H3,(H,20,21). The van der Waals surface area contributed by atoms with E-state index >= 15 is 0 Å². The number of carbonyl (C=O) groups excluding carboxylic acids is 1. The van der Waals surface area contributed by atoms with Crippen LogP contribution in [0.2, 0.25) is 0 Å². The molecule has 0 bridgehead atoms. The number of amides is 1. The maximum Gasteiger partial charge on any atom is 0.228 e. The highest BCUT2D eigenvalue weighted by atomic mass is 16.3. The van der Waals surface area contributed by atoms with Gasteiger partial charge in [0.1, 0.15) is 5.58 Å². The van der Waals surface area contributed by atoms with Crippen molar-refractivity contribution >= 4 is 22.6 Å². The van der Waals surface area contributed by atoms with E-state index in [1.165, 1.54) is 0 Å². The first-order chi connectivity index (χ1) is 10.7. The third-order valence-electron chi connectivity index (χ3n) is 3.46. The van der Waals surface area contributed by atoms with Crippen molar-refractivity contribution in [1.29, 1.82) is 5.26 Å². The Kier molecular flexibility index (Phi) is 3.63. The van der Waals surface area contributed by atoms with Crippen LogP contribution in [0.1, 0.15) is 16.7 Å². The van der Waals surface area contributed by atoms with Gasteiger partial charge in [-0.25, -0.2) is 0 Å². The Labute approximate surface area is 128 Å². The van der Waals surface area contributed by atoms with Gasteiger partial charge in [-0.05, 0) is 42.8 Å². The minimum absolute atomic E-state index is 0.118. The van der Waals surface area contributed by atoms with E-state index in [4.69, 9.17) is 9.68 Å². The van der Waals surface area contributed by atoms with Crippen molar-refractivity contribution in [3.8, 4) is 6.07 Å². The number of benzene rings is 2. The van der Waals surface area contributed by atoms with E-state index in [9.17, 15) is 4.79 Å². The number of nitriles is 1. The van der Waals surface area contributed by atoms with Crippen LogP contribution in [-0.2, 0) is 11.2 Å². The van der Waals surface area contributed by atoms with Crippen molar-refractivity contribution in [1.82, 2.24) is 0 Å². The fourth-order valence-corrected chi connectivity index (χ4v) is 2.33. The van der Waals surface area contributed by atoms with E-state index in [0.717, 1.165) is 22.1 Å². The summed E-state index contributed by atoms with van der Waals surface area (Å²) in [5.74, 6) is -0.118. The molecule has 0 spiro atoms. The molecule has 0 atom stereocenters. The number of nitrogens with zero attached hydrogens (tertiary/aromatic N) is 1. The van der Waals surface area contributed by atoms with Crippen LogP contribution in [0.25, 0.3) is 11.0 Å². The average Bonchev–Trinajstić information content (AvgIpc) is 2.90. The number of nitrogens with one attached hydrogen (secondary N) is 1. The first-order valence-corrected chi connectivity index (χ1v) is 6.92. The molecule has 0 aliphatic carbocycles. The lowest BCUT2D eigenvalue weighted by Crippen LogP contribution is -2.14. The van der Waals surface area contributed by atoms with Gasteiger partial charge in [0.25, 0.3) is 0 Å². The van der Waals surface area contributed by atoms with Crippen LogP contribution in [0.5, 0.6) is 0 Å². The van der Waals surface area contributed by atoms with Gasteiger partial charge >= 0.3 is 0 Å². The lowest BCUT2D eigenvalue weighted by molar-refractivity contribution is -0.115. The molecule has 0 aliphatic rings. The fraction of sp³-hybridized carbons (Fsp3) is 0.111. The van der Waals surface area contributed by atoms with Gasteiger partial charge in [-0.1, -0.05) is 12.1 Å². The third kappa shape index (κ3) is 2.84. The van der Waals surface area contributed by atoms with Gasteiger partial charge in [-0.15, -0.1) is 0 Å². The van der Waals surface area contributed by atoms with Crippen molar-refractivity contribution in [3.63, 3.8) is 0 Å². The maximum atomic E-state index is 12.1. The summed E-state index contributed by atoms with van der Waals surface area (Å²) in [4.78, 5) is 12.1. The molecule has 0 radical (unpaired) electrons. The molecule has 0 unspecified atom stereocenters. The molecule has 0 aliphatic heterocycles. The molecule has 3 rings (SSSR count). The Balaban J connectivity index is 1.74. The molecular formula is C18H14N2O2. The molecule has 0 saturated carbocycles. The Morgan fingerprint density at radius 1 is 1.23 bits per heavy atom. The van der Waals surface area contributed by atoms with Crippen LogP contribution < -0.4 is 5.32 Å². The Hall–Kier alpha value is -3.06. The van der Waals surface area contributed by atoms with Crippen molar-refractivity contribution in [3.05, 3.63) is 65.4 Å². The highest BCUT2D eigenvalue weighted by molar-refractivity contribution is 5.95. The zero-order valence-electron chi connectivity index (χ0n) is 12.1. The van der Waals surface area contributed by atoms with Gasteiger partial charge in [-0.2, -0.15) is 5.26 Å². The van der Waals surface area contributed by atoms with Gasteiger partial charge < -0.3 is 9.73 Å². The number of carbonyl (C=O) groups is 1. The predicted octanol–water partition coefficient (Wildman–Crippen LogP) is 3.79. The summed E-state index contributed by atoms with van der Waals surface area (Å²) in [5, 5.41) is 12.5. The van der Waals surface area contributed by atoms with E-state index in [-0.39, 0.29) is 12.3 Å². The van der Waals surface area contributed by atoms with Crippen LogP contribution in [-0.4, -0.2) is 5.91 Å². The number of furan rings is 1. The molecule has 0 saturated heterocycles. The van der Waals surface area contributed by atoms with E-state index < -0.39 is 0 Å². The second-order valence-electron chi connectivity index (χ2n) is 5.17. The number of hydrogen-bond donors (Lipinski definition) is 1. The summed E-state index contributed by atoms with van der Waals surface area (Å²) < 4.78 is 5.50. The van der Waals surface area contributed by atoms with Crippen LogP contribution in [0.4, 0.5) is 5.69 Å². The van der Waals surface area contributed by atoms with Crippen molar-refractivity contribution < 1.29 is 9.21 Å². The van der Waals surface area contributed by atoms with Crippen LogP contribution in [0, 0.1) is 18.3 Å². The predicted molar refractivity (Wildman–Crippen MR) is 84.4 cm³/mol. The molecule has 1 amide bonds. The molecule has 108 valence electrons. The Morgan fingerprint density at radius 2 is 2.00 bits per heavy atom. The number of aryl methyl sites for hydroxylation is 1. The van der Waals surface area contributed by atoms with Crippen molar-refractivity contribution in [2.75, 3.05) is 5.32 Å². The lowest BCUT2D eigenvalue weighted by atomic mass is 10.1. The topological polar surface area (TPSA) is 66.0 Å². The normalized spacial score (nSPS) is 10.4. The van der Waals surface area contributed by atoms with Crippen LogP contribution in [0.15, 0.2) is 53.1 Å². The van der Waals surface area contributed by atoms with Crippen LogP contribution >= 0.6 is 0 Å². The van der Waals surface area contributed by atoms with E-state index in [1.54, 1.807) is 30.5 Å². The summed E-state index contributed by atoms with van der Waals surface area (Å²) in [5.41, 5.74) is 4.01. The van der Waals surface area contributed by atoms with E-state index in [1.807, 2.05) is 31.2 Å². The average molecular weight is 290 g/mol. The van der Waals surface area contributed by atoms with Crippen molar-refractivity contribution in [2.24, 2.45) is 0 Å². The molecule has 4 nitrogen and oxygen atoms in total. The molecule has 1 N–H and O–H groups in total. The molecule has 0 fully saturated rings. The van der Waals surface area contributed by atoms with Crippen LogP contribution in [0.3, 0.4) is 0 Å². The van der Waals surface area contributed by atoms with Crippen molar-refractivity contribution in [2.45, 2.75) is 13.3 Å². The maximum absolute atomic E-state index is 12.1. The minimum atomic E-state index is -0.118. The third-order valence-corrected chi connectivity index (χ3v) is 3.46. The summed E-state index contributed by atoms with van der Waals surface area (Å²) in [7, 11) is 0. The van der Waals surface area contributed by atoms with Gasteiger partial charge in [0, 0.05) is 16.6 Å². The largest absolute Gasteiger partial charge is 0.464 e. The van der Waals surface area contributed by atoms with Gasteiger partial charge in [0.15, 0.2) is 0 Å². The molecule has 2 aromatic carbocycles. The zero-order valence-corrected chi connectivity index (χ0v) is 12.1. The number of fused-ring (bicyclic) bond motifs is 1. The number of anilines is 1. The number of rotatable bonds is 3. The molecule has 3 aromatic rings. The van der Waals surface area contributed by atoms with E-state index in [2.05, 4.69) is 5.32 Å². The van der Waals surface area contributed by atoms with Gasteiger partial charge in [-0.3, -0.25) is 4.79 Å². The summed E-state index contributed by atoms with van der Waals surface area (Å²) in [6.45, 7) is 2.00. The van der Waals surface area contributed by atoms with E-state index in [0.29, 0.717) is 11.3 Å². The summed E-state index contributed by atoms with van der Waals surface area (Å²) in [6, 6.07) is 14.7. The highest BCUT2D eigenvalue weighted by Crippen LogP contribution is 2.23. The molecule has 1 heterocycles. The second kappa shape index (κ2) is 5.74. The molecular weight excluding hydrogens is 276 g/mol. The van der Waals surface area contributed by atoms with Gasteiger partial charge in [0.05, 0.1) is 24.3 Å². The summed E-state index contributed by atoms with van der Waals surface area (Å²) in [6.07, 6.45) is 1.87. The minimum Gasteiger partial charge on any atom is -0.464 e. The van der Waals surface area contributed by atoms with Gasteiger partial charge in [0.2, 0.25) is 5.91 Å². The zero-order chi connectivity index (χ0) is 15.5. The quantitative estimate of drug-likeness (QED) is 0.798. The SMILES string of the molecule is Cc1ccc2c(CC(=O)Nc3ccc(C#N)cc3)coc2c1. The Morgan fingerprint density at radius 3 is 2.73 bits per heavy atom. The molecule has 1 aromatic heterocycles. The molecule has 4 heteroatoms. The molecule has 22 heavy (non-hydrogen) atoms. The number of hydrogen-bond acceptors (Lipinski definition) is 3. The highest BCUT2D eigenvalue weighted by Gasteiger charge is 2.10. The first kappa shape index (κ1) is 13.9. The smallest absolute Gasteiger partial charge is 0.228 e. The lowest BCUT2D eigenvalue weighted by Gasteiger charge is -2.04. The fourth-order valence-electron chi connectivity index (χ4n) is 2.33. The Bertz CT molecular complexity index is 870.